The van der Waals surface area contributed by atoms with Gasteiger partial charge < -0.3 is 10.5 Å². The van der Waals surface area contributed by atoms with Gasteiger partial charge in [-0.1, -0.05) is 0 Å². The summed E-state index contributed by atoms with van der Waals surface area (Å²) in [7, 11) is 0. The number of fused-ring (bicyclic) bond motifs is 3. The molecule has 4 rings (SSSR count). The van der Waals surface area contributed by atoms with Gasteiger partial charge in [0, 0.05) is 13.2 Å². The molecule has 1 heterocycles. The average molecular weight is 251 g/mol. The quantitative estimate of drug-likeness (QED) is 0.837. The molecule has 102 valence electrons. The van der Waals surface area contributed by atoms with Crippen LogP contribution in [0.1, 0.15) is 51.4 Å². The third kappa shape index (κ3) is 2.07. The maximum absolute atomic E-state index is 12.0. The zero-order valence-electron chi connectivity index (χ0n) is 11.2. The molecule has 1 atom stereocenters. The van der Waals surface area contributed by atoms with Crippen molar-refractivity contribution < 1.29 is 9.53 Å². The van der Waals surface area contributed by atoms with Gasteiger partial charge in [-0.15, -0.1) is 0 Å². The Hall–Kier alpha value is -0.570. The lowest BCUT2D eigenvalue weighted by Crippen LogP contribution is -2.51. The van der Waals surface area contributed by atoms with Crippen molar-refractivity contribution in [2.75, 3.05) is 13.2 Å². The summed E-state index contributed by atoms with van der Waals surface area (Å²) in [5, 5.41) is 0. The Morgan fingerprint density at radius 1 is 1.17 bits per heavy atom. The topological polar surface area (TPSA) is 52.3 Å². The van der Waals surface area contributed by atoms with Gasteiger partial charge in [0.2, 0.25) is 5.91 Å². The Bertz CT molecular complexity index is 314. The highest BCUT2D eigenvalue weighted by atomic mass is 16.5. The molecule has 1 aliphatic heterocycles. The fraction of sp³-hybridized carbons (Fsp3) is 0.933. The van der Waals surface area contributed by atoms with Gasteiger partial charge in [-0.05, 0) is 69.1 Å². The fourth-order valence-corrected chi connectivity index (χ4v) is 4.62. The normalized spacial score (nSPS) is 40.9. The first-order valence-electron chi connectivity index (χ1n) is 7.58. The predicted octanol–water partition coefficient (Wildman–Crippen LogP) is 2.48. The lowest BCUT2D eigenvalue weighted by Gasteiger charge is -2.51. The van der Waals surface area contributed by atoms with Crippen LogP contribution in [0.5, 0.6) is 0 Å². The van der Waals surface area contributed by atoms with E-state index >= 15 is 0 Å². The lowest BCUT2D eigenvalue weighted by molar-refractivity contribution is -0.140. The van der Waals surface area contributed by atoms with Crippen molar-refractivity contribution in [2.24, 2.45) is 28.9 Å². The molecule has 1 saturated heterocycles. The van der Waals surface area contributed by atoms with Crippen molar-refractivity contribution in [1.82, 2.24) is 0 Å². The number of rotatable bonds is 3. The van der Waals surface area contributed by atoms with Crippen molar-refractivity contribution in [3.63, 3.8) is 0 Å². The molecule has 2 bridgehead atoms. The van der Waals surface area contributed by atoms with Crippen LogP contribution >= 0.6 is 0 Å². The lowest BCUT2D eigenvalue weighted by atomic mass is 9.53. The first kappa shape index (κ1) is 12.5. The summed E-state index contributed by atoms with van der Waals surface area (Å²) in [5.41, 5.74) is 5.62. The summed E-state index contributed by atoms with van der Waals surface area (Å²) in [5.74, 6) is 2.18. The molecule has 3 aliphatic carbocycles. The highest BCUT2D eigenvalue weighted by Crippen LogP contribution is 2.55. The smallest absolute Gasteiger partial charge is 0.223 e. The summed E-state index contributed by atoms with van der Waals surface area (Å²) in [6.07, 6.45) is 9.39. The number of hydrogen-bond donors (Lipinski definition) is 1. The van der Waals surface area contributed by atoms with Crippen LogP contribution in [0.15, 0.2) is 0 Å². The number of carbonyl (C=O) groups excluding carboxylic acids is 1. The molecule has 0 aromatic rings. The van der Waals surface area contributed by atoms with Gasteiger partial charge in [-0.3, -0.25) is 4.79 Å². The van der Waals surface area contributed by atoms with Gasteiger partial charge in [-0.25, -0.2) is 0 Å². The van der Waals surface area contributed by atoms with Gasteiger partial charge in [0.1, 0.15) is 0 Å². The van der Waals surface area contributed by atoms with E-state index in [9.17, 15) is 4.79 Å². The second-order valence-electron chi connectivity index (χ2n) is 6.69. The fourth-order valence-electron chi connectivity index (χ4n) is 4.62. The Labute approximate surface area is 109 Å². The maximum atomic E-state index is 12.0. The summed E-state index contributed by atoms with van der Waals surface area (Å²) >= 11 is 0. The van der Waals surface area contributed by atoms with Gasteiger partial charge in [-0.2, -0.15) is 0 Å². The van der Waals surface area contributed by atoms with E-state index in [2.05, 4.69) is 0 Å². The van der Waals surface area contributed by atoms with E-state index in [0.29, 0.717) is 5.92 Å². The summed E-state index contributed by atoms with van der Waals surface area (Å²) in [4.78, 5) is 12.0. The predicted molar refractivity (Wildman–Crippen MR) is 69.9 cm³/mol. The van der Waals surface area contributed by atoms with Crippen LogP contribution in [0.4, 0.5) is 0 Å². The molecule has 1 unspecified atom stereocenters. The molecule has 3 nitrogen and oxygen atoms in total. The minimum Gasteiger partial charge on any atom is -0.381 e. The van der Waals surface area contributed by atoms with E-state index in [0.717, 1.165) is 37.9 Å². The van der Waals surface area contributed by atoms with Crippen molar-refractivity contribution in [3.8, 4) is 0 Å². The summed E-state index contributed by atoms with van der Waals surface area (Å²) in [6.45, 7) is 1.81. The molecule has 0 spiro atoms. The highest BCUT2D eigenvalue weighted by Gasteiger charge is 2.51. The Morgan fingerprint density at radius 2 is 1.83 bits per heavy atom. The van der Waals surface area contributed by atoms with Crippen LogP contribution < -0.4 is 5.73 Å². The number of hydrogen-bond acceptors (Lipinski definition) is 2. The van der Waals surface area contributed by atoms with E-state index in [1.54, 1.807) is 0 Å². The van der Waals surface area contributed by atoms with E-state index in [-0.39, 0.29) is 11.3 Å². The molecule has 2 N–H and O–H groups in total. The molecule has 18 heavy (non-hydrogen) atoms. The second kappa shape index (κ2) is 4.84. The molecule has 0 aromatic heterocycles. The van der Waals surface area contributed by atoms with Crippen LogP contribution in [0.25, 0.3) is 0 Å². The SMILES string of the molecule is NC(=O)C12CCC(CC1)CC2CC1CCOCC1. The minimum atomic E-state index is -0.146. The number of amides is 1. The molecule has 4 fully saturated rings. The molecular formula is C15H25NO2. The van der Waals surface area contributed by atoms with Crippen LogP contribution in [0.3, 0.4) is 0 Å². The molecule has 3 heteroatoms. The van der Waals surface area contributed by atoms with E-state index < -0.39 is 0 Å². The van der Waals surface area contributed by atoms with Crippen molar-refractivity contribution in [2.45, 2.75) is 51.4 Å². The van der Waals surface area contributed by atoms with Gasteiger partial charge in [0.25, 0.3) is 0 Å². The van der Waals surface area contributed by atoms with Crippen LogP contribution in [0, 0.1) is 23.2 Å². The number of primary amides is 1. The van der Waals surface area contributed by atoms with Crippen molar-refractivity contribution in [1.29, 1.82) is 0 Å². The zero-order chi connectivity index (χ0) is 12.6. The second-order valence-corrected chi connectivity index (χ2v) is 6.69. The monoisotopic (exact) mass is 251 g/mol. The van der Waals surface area contributed by atoms with Crippen molar-refractivity contribution in [3.05, 3.63) is 0 Å². The van der Waals surface area contributed by atoms with Gasteiger partial charge in [0.15, 0.2) is 0 Å². The molecular weight excluding hydrogens is 226 g/mol. The minimum absolute atomic E-state index is 0.0160. The average Bonchev–Trinajstić information content (AvgIpc) is 2.41. The Kier molecular flexibility index (Phi) is 3.35. The number of ether oxygens (including phenoxy) is 1. The van der Waals surface area contributed by atoms with Gasteiger partial charge >= 0.3 is 0 Å². The number of carbonyl (C=O) groups is 1. The molecule has 0 aromatic carbocycles. The summed E-state index contributed by atoms with van der Waals surface area (Å²) in [6, 6.07) is 0. The van der Waals surface area contributed by atoms with E-state index in [1.807, 2.05) is 0 Å². The number of nitrogens with two attached hydrogens (primary N) is 1. The van der Waals surface area contributed by atoms with Crippen LogP contribution in [0.2, 0.25) is 0 Å². The molecule has 0 radical (unpaired) electrons. The van der Waals surface area contributed by atoms with Crippen LogP contribution in [-0.4, -0.2) is 19.1 Å². The van der Waals surface area contributed by atoms with Gasteiger partial charge in [0.05, 0.1) is 5.41 Å². The van der Waals surface area contributed by atoms with Crippen LogP contribution in [-0.2, 0) is 9.53 Å². The first-order valence-corrected chi connectivity index (χ1v) is 7.58. The largest absolute Gasteiger partial charge is 0.381 e. The van der Waals surface area contributed by atoms with Crippen molar-refractivity contribution >= 4 is 5.91 Å². The molecule has 4 aliphatic rings. The maximum Gasteiger partial charge on any atom is 0.223 e. The molecule has 1 amide bonds. The Morgan fingerprint density at radius 3 is 2.44 bits per heavy atom. The van der Waals surface area contributed by atoms with E-state index in [4.69, 9.17) is 10.5 Å². The highest BCUT2D eigenvalue weighted by molar-refractivity contribution is 5.81. The zero-order valence-corrected chi connectivity index (χ0v) is 11.2. The third-order valence-electron chi connectivity index (χ3n) is 5.85. The van der Waals surface area contributed by atoms with E-state index in [1.165, 1.54) is 38.5 Å². The Balaban J connectivity index is 1.71. The standard InChI is InChI=1S/C15H25NO2/c16-14(17)15-5-1-11(2-6-15)9-13(15)10-12-3-7-18-8-4-12/h11-13H,1-10H2,(H2,16,17). The molecule has 3 saturated carbocycles. The third-order valence-corrected chi connectivity index (χ3v) is 5.85. The summed E-state index contributed by atoms with van der Waals surface area (Å²) < 4.78 is 5.43. The first-order chi connectivity index (χ1) is 8.71.